The highest BCUT2D eigenvalue weighted by Crippen LogP contribution is 2.40. The number of nitrogens with zero attached hydrogens (tertiary/aromatic N) is 1. The quantitative estimate of drug-likeness (QED) is 0.795. The minimum Gasteiger partial charge on any atom is -0.497 e. The number of hydrogen-bond donors (Lipinski definition) is 0. The van der Waals surface area contributed by atoms with Gasteiger partial charge in [0.2, 0.25) is 0 Å². The average Bonchev–Trinajstić information content (AvgIpc) is 2.71. The fourth-order valence-electron chi connectivity index (χ4n) is 4.94. The highest BCUT2D eigenvalue weighted by atomic mass is 16.5. The lowest BCUT2D eigenvalue weighted by atomic mass is 9.71. The molecule has 0 bridgehead atoms. The lowest BCUT2D eigenvalue weighted by Crippen LogP contribution is -2.59. The number of ketones is 1. The number of carbonyl (C=O) groups is 1. The van der Waals surface area contributed by atoms with E-state index in [-0.39, 0.29) is 5.54 Å². The summed E-state index contributed by atoms with van der Waals surface area (Å²) in [6.07, 6.45) is 6.23. The Hall–Kier alpha value is -2.13. The molecule has 3 nitrogen and oxygen atoms in total. The van der Waals surface area contributed by atoms with Crippen LogP contribution in [0.2, 0.25) is 0 Å². The summed E-state index contributed by atoms with van der Waals surface area (Å²) in [5.74, 6) is 1.17. The van der Waals surface area contributed by atoms with Crippen molar-refractivity contribution in [3.8, 4) is 5.75 Å². The van der Waals surface area contributed by atoms with Crippen LogP contribution in [-0.4, -0.2) is 36.4 Å². The first-order valence-corrected chi connectivity index (χ1v) is 10.2. The van der Waals surface area contributed by atoms with Crippen LogP contribution < -0.4 is 4.74 Å². The van der Waals surface area contributed by atoms with Gasteiger partial charge in [0.25, 0.3) is 0 Å². The molecule has 1 aliphatic carbocycles. The predicted molar refractivity (Wildman–Crippen MR) is 109 cm³/mol. The SMILES string of the molecule is COc1ccc2c(c1)CCC1(CCCCN1CCc1ccccc1C)C2=O. The van der Waals surface area contributed by atoms with Crippen molar-refractivity contribution in [2.24, 2.45) is 0 Å². The van der Waals surface area contributed by atoms with E-state index in [1.807, 2.05) is 18.2 Å². The van der Waals surface area contributed by atoms with Gasteiger partial charge in [-0.3, -0.25) is 9.69 Å². The monoisotopic (exact) mass is 363 g/mol. The van der Waals surface area contributed by atoms with Gasteiger partial charge in [0.1, 0.15) is 5.75 Å². The van der Waals surface area contributed by atoms with Gasteiger partial charge in [-0.05, 0) is 86.9 Å². The van der Waals surface area contributed by atoms with Gasteiger partial charge in [0.05, 0.1) is 12.6 Å². The van der Waals surface area contributed by atoms with Crippen LogP contribution in [0, 0.1) is 6.92 Å². The normalized spacial score (nSPS) is 22.7. The van der Waals surface area contributed by atoms with Gasteiger partial charge >= 0.3 is 0 Å². The van der Waals surface area contributed by atoms with E-state index in [0.717, 1.165) is 62.1 Å². The molecule has 0 aromatic heterocycles. The molecule has 2 aromatic rings. The van der Waals surface area contributed by atoms with Crippen LogP contribution in [0.15, 0.2) is 42.5 Å². The average molecular weight is 364 g/mol. The number of ether oxygens (including phenoxy) is 1. The second-order valence-corrected chi connectivity index (χ2v) is 8.00. The van der Waals surface area contributed by atoms with E-state index >= 15 is 0 Å². The molecule has 1 fully saturated rings. The van der Waals surface area contributed by atoms with Crippen molar-refractivity contribution in [1.29, 1.82) is 0 Å². The number of fused-ring (bicyclic) bond motifs is 1. The maximum Gasteiger partial charge on any atom is 0.183 e. The minimum atomic E-state index is -0.303. The molecule has 2 aromatic carbocycles. The molecule has 2 aliphatic rings. The van der Waals surface area contributed by atoms with Gasteiger partial charge in [0.15, 0.2) is 5.78 Å². The minimum absolute atomic E-state index is 0.303. The van der Waals surface area contributed by atoms with Crippen molar-refractivity contribution >= 4 is 5.78 Å². The first-order chi connectivity index (χ1) is 13.1. The summed E-state index contributed by atoms with van der Waals surface area (Å²) >= 11 is 0. The van der Waals surface area contributed by atoms with Crippen LogP contribution in [0.1, 0.15) is 52.7 Å². The number of piperidine rings is 1. The van der Waals surface area contributed by atoms with Crippen LogP contribution in [0.3, 0.4) is 0 Å². The van der Waals surface area contributed by atoms with Crippen molar-refractivity contribution in [3.63, 3.8) is 0 Å². The molecule has 0 N–H and O–H groups in total. The molecule has 0 saturated carbocycles. The number of Topliss-reactive ketones (excluding diaryl/α,β-unsaturated/α-hetero) is 1. The summed E-state index contributed by atoms with van der Waals surface area (Å²) < 4.78 is 5.35. The van der Waals surface area contributed by atoms with Crippen molar-refractivity contribution in [3.05, 3.63) is 64.7 Å². The number of methoxy groups -OCH3 is 1. The van der Waals surface area contributed by atoms with Crippen molar-refractivity contribution < 1.29 is 9.53 Å². The highest BCUT2D eigenvalue weighted by Gasteiger charge is 2.47. The highest BCUT2D eigenvalue weighted by molar-refractivity contribution is 6.05. The van der Waals surface area contributed by atoms with Crippen molar-refractivity contribution in [2.75, 3.05) is 20.2 Å². The molecular formula is C24H29NO2. The standard InChI is InChI=1S/C24H29NO2/c1-18-7-3-4-8-19(18)12-16-25-15-6-5-13-24(25)14-11-20-17-21(27-2)9-10-22(20)23(24)26/h3-4,7-10,17H,5-6,11-16H2,1-2H3. The zero-order valence-electron chi connectivity index (χ0n) is 16.5. The summed E-state index contributed by atoms with van der Waals surface area (Å²) in [7, 11) is 1.68. The molecule has 0 radical (unpaired) electrons. The molecule has 3 heteroatoms. The van der Waals surface area contributed by atoms with Gasteiger partial charge in [-0.1, -0.05) is 24.3 Å². The smallest absolute Gasteiger partial charge is 0.183 e. The van der Waals surface area contributed by atoms with Crippen molar-refractivity contribution in [1.82, 2.24) is 4.90 Å². The zero-order chi connectivity index (χ0) is 18.9. The largest absolute Gasteiger partial charge is 0.497 e. The van der Waals surface area contributed by atoms with E-state index in [1.165, 1.54) is 17.5 Å². The Bertz CT molecular complexity index is 844. The van der Waals surface area contributed by atoms with Gasteiger partial charge in [0, 0.05) is 12.1 Å². The molecule has 1 unspecified atom stereocenters. The molecule has 1 aliphatic heterocycles. The van der Waals surface area contributed by atoms with Gasteiger partial charge in [-0.15, -0.1) is 0 Å². The Kier molecular flexibility index (Phi) is 5.05. The van der Waals surface area contributed by atoms with E-state index < -0.39 is 0 Å². The second-order valence-electron chi connectivity index (χ2n) is 8.00. The van der Waals surface area contributed by atoms with Gasteiger partial charge in [-0.2, -0.15) is 0 Å². The van der Waals surface area contributed by atoms with E-state index in [0.29, 0.717) is 5.78 Å². The Labute approximate surface area is 162 Å². The maximum absolute atomic E-state index is 13.6. The Morgan fingerprint density at radius 3 is 2.78 bits per heavy atom. The topological polar surface area (TPSA) is 29.5 Å². The summed E-state index contributed by atoms with van der Waals surface area (Å²) in [4.78, 5) is 16.1. The van der Waals surface area contributed by atoms with E-state index in [4.69, 9.17) is 4.74 Å². The molecule has 0 amide bonds. The molecule has 1 saturated heterocycles. The second kappa shape index (κ2) is 7.47. The molecule has 4 rings (SSSR count). The van der Waals surface area contributed by atoms with Crippen molar-refractivity contribution in [2.45, 2.75) is 51.0 Å². The summed E-state index contributed by atoms with van der Waals surface area (Å²) in [5, 5.41) is 0. The van der Waals surface area contributed by atoms with Crippen LogP contribution in [0.4, 0.5) is 0 Å². The molecular weight excluding hydrogens is 334 g/mol. The maximum atomic E-state index is 13.6. The number of carbonyl (C=O) groups excluding carboxylic acids is 1. The first-order valence-electron chi connectivity index (χ1n) is 10.2. The summed E-state index contributed by atoms with van der Waals surface area (Å²) in [6.45, 7) is 4.17. The lowest BCUT2D eigenvalue weighted by molar-refractivity contribution is 0.0298. The predicted octanol–water partition coefficient (Wildman–Crippen LogP) is 4.60. The molecule has 142 valence electrons. The van der Waals surface area contributed by atoms with Crippen LogP contribution >= 0.6 is 0 Å². The Morgan fingerprint density at radius 2 is 1.96 bits per heavy atom. The van der Waals surface area contributed by atoms with Gasteiger partial charge < -0.3 is 4.74 Å². The molecule has 27 heavy (non-hydrogen) atoms. The third-order valence-corrected chi connectivity index (χ3v) is 6.57. The first kappa shape index (κ1) is 18.2. The van der Waals surface area contributed by atoms with Crippen LogP contribution in [0.5, 0.6) is 5.75 Å². The third-order valence-electron chi connectivity index (χ3n) is 6.57. The van der Waals surface area contributed by atoms with E-state index in [9.17, 15) is 4.79 Å². The Morgan fingerprint density at radius 1 is 1.11 bits per heavy atom. The number of hydrogen-bond acceptors (Lipinski definition) is 3. The van der Waals surface area contributed by atoms with E-state index in [1.54, 1.807) is 7.11 Å². The number of benzene rings is 2. The summed E-state index contributed by atoms with van der Waals surface area (Å²) in [5.41, 5.74) is 4.49. The zero-order valence-corrected chi connectivity index (χ0v) is 16.5. The fourth-order valence-corrected chi connectivity index (χ4v) is 4.94. The molecule has 1 spiro atoms. The number of likely N-dealkylation sites (tertiary alicyclic amines) is 1. The van der Waals surface area contributed by atoms with E-state index in [2.05, 4.69) is 36.1 Å². The Balaban J connectivity index is 1.59. The number of aryl methyl sites for hydroxylation is 2. The summed E-state index contributed by atoms with van der Waals surface area (Å²) in [6, 6.07) is 14.6. The van der Waals surface area contributed by atoms with Crippen LogP contribution in [-0.2, 0) is 12.8 Å². The lowest BCUT2D eigenvalue weighted by Gasteiger charge is -2.48. The number of rotatable bonds is 4. The molecule has 1 heterocycles. The fraction of sp³-hybridized carbons (Fsp3) is 0.458. The molecule has 1 atom stereocenters. The van der Waals surface area contributed by atoms with Crippen LogP contribution in [0.25, 0.3) is 0 Å². The van der Waals surface area contributed by atoms with Gasteiger partial charge in [-0.25, -0.2) is 0 Å². The third kappa shape index (κ3) is 3.29.